The van der Waals surface area contributed by atoms with Crippen LogP contribution in [0.2, 0.25) is 0 Å². The third-order valence-electron chi connectivity index (χ3n) is 13.5. The number of fused-ring (bicyclic) bond motifs is 15. The Morgan fingerprint density at radius 1 is 0.464 bits per heavy atom. The van der Waals surface area contributed by atoms with Gasteiger partial charge in [0.15, 0.2) is 0 Å². The second kappa shape index (κ2) is 11.8. The first-order valence-corrected chi connectivity index (χ1v) is 20.3. The molecule has 0 saturated heterocycles. The molecule has 0 radical (unpaired) electrons. The SMILES string of the molecule is CC1(C)c2ccccc2-c2cc(N(c3ccc4c5ccccc5c5ccccc5c4c3)c3ccc4c5c3-c3ccccc3CCC(C5)c3ccccc3-4)ccc21. The van der Waals surface area contributed by atoms with Crippen LogP contribution >= 0.6 is 0 Å². The van der Waals surface area contributed by atoms with Crippen LogP contribution < -0.4 is 4.90 Å². The lowest BCUT2D eigenvalue weighted by molar-refractivity contribution is 0.613. The third kappa shape index (κ3) is 4.43. The average molecular weight is 716 g/mol. The van der Waals surface area contributed by atoms with Crippen molar-refractivity contribution in [2.45, 2.75) is 44.4 Å². The minimum Gasteiger partial charge on any atom is -0.310 e. The normalized spacial score (nSPS) is 15.8. The summed E-state index contributed by atoms with van der Waals surface area (Å²) < 4.78 is 0. The number of hydrogen-bond acceptors (Lipinski definition) is 1. The molecule has 0 spiro atoms. The monoisotopic (exact) mass is 715 g/mol. The predicted octanol–water partition coefficient (Wildman–Crippen LogP) is 14.8. The van der Waals surface area contributed by atoms with Gasteiger partial charge in [0.25, 0.3) is 0 Å². The number of aryl methyl sites for hydroxylation is 1. The summed E-state index contributed by atoms with van der Waals surface area (Å²) >= 11 is 0. The second-order valence-electron chi connectivity index (χ2n) is 16.7. The molecular formula is C55H41N. The number of rotatable bonds is 3. The Labute approximate surface area is 328 Å². The van der Waals surface area contributed by atoms with Gasteiger partial charge in [-0.05, 0) is 143 Å². The standard InChI is InChI=1S/C55H41N/c1-55(2)51-22-12-11-21-47(51)49-33-37(26-29-52(49)55)56(36-25-27-45-43-19-8-7-17-41(43)42-18-9-10-20-44(42)48(45)32-36)53-30-28-46-40-16-6-5-14-38(40)35-24-23-34-13-3-4-15-39(34)54(53)50(46)31-35/h3-22,25-30,32-33,35H,23-24,31H2,1-2H3. The largest absolute Gasteiger partial charge is 0.310 e. The predicted molar refractivity (Wildman–Crippen MR) is 237 cm³/mol. The van der Waals surface area contributed by atoms with Gasteiger partial charge in [-0.3, -0.25) is 0 Å². The Morgan fingerprint density at radius 2 is 1.05 bits per heavy atom. The molecular weight excluding hydrogens is 675 g/mol. The van der Waals surface area contributed by atoms with Crippen molar-refractivity contribution >= 4 is 49.4 Å². The summed E-state index contributed by atoms with van der Waals surface area (Å²) in [7, 11) is 0. The minimum absolute atomic E-state index is 0.0620. The van der Waals surface area contributed by atoms with E-state index < -0.39 is 0 Å². The van der Waals surface area contributed by atoms with E-state index in [0.29, 0.717) is 5.92 Å². The maximum absolute atomic E-state index is 2.58. The van der Waals surface area contributed by atoms with Crippen molar-refractivity contribution in [2.75, 3.05) is 4.90 Å². The lowest BCUT2D eigenvalue weighted by Crippen LogP contribution is -2.19. The first-order chi connectivity index (χ1) is 27.5. The fourth-order valence-corrected chi connectivity index (χ4v) is 10.9. The van der Waals surface area contributed by atoms with E-state index in [2.05, 4.69) is 189 Å². The lowest BCUT2D eigenvalue weighted by Gasteiger charge is -2.36. The molecule has 2 bridgehead atoms. The lowest BCUT2D eigenvalue weighted by atomic mass is 9.71. The van der Waals surface area contributed by atoms with Crippen molar-refractivity contribution in [3.63, 3.8) is 0 Å². The molecule has 3 aliphatic rings. The Hall–Kier alpha value is -6.44. The van der Waals surface area contributed by atoms with Gasteiger partial charge >= 0.3 is 0 Å². The van der Waals surface area contributed by atoms with Gasteiger partial charge < -0.3 is 4.90 Å². The summed E-state index contributed by atoms with van der Waals surface area (Å²) in [6.07, 6.45) is 3.28. The third-order valence-corrected chi connectivity index (χ3v) is 13.5. The van der Waals surface area contributed by atoms with Crippen molar-refractivity contribution in [2.24, 2.45) is 0 Å². The molecule has 9 aromatic rings. The highest BCUT2D eigenvalue weighted by molar-refractivity contribution is 6.26. The van der Waals surface area contributed by atoms with Crippen molar-refractivity contribution in [1.82, 2.24) is 0 Å². The van der Waals surface area contributed by atoms with Crippen LogP contribution in [0.15, 0.2) is 170 Å². The van der Waals surface area contributed by atoms with Crippen LogP contribution in [-0.4, -0.2) is 0 Å². The van der Waals surface area contributed by atoms with Crippen LogP contribution in [0.3, 0.4) is 0 Å². The van der Waals surface area contributed by atoms with E-state index in [1.54, 1.807) is 0 Å². The number of benzene rings is 9. The van der Waals surface area contributed by atoms with Gasteiger partial charge in [0.1, 0.15) is 0 Å². The van der Waals surface area contributed by atoms with E-state index in [1.807, 2.05) is 0 Å². The van der Waals surface area contributed by atoms with Crippen molar-refractivity contribution < 1.29 is 0 Å². The number of anilines is 3. The Kier molecular flexibility index (Phi) is 6.70. The van der Waals surface area contributed by atoms with Crippen LogP contribution in [0.4, 0.5) is 17.1 Å². The molecule has 0 aliphatic heterocycles. The van der Waals surface area contributed by atoms with E-state index in [0.717, 1.165) is 19.3 Å². The van der Waals surface area contributed by atoms with Gasteiger partial charge in [0.2, 0.25) is 0 Å². The molecule has 1 nitrogen and oxygen atoms in total. The molecule has 1 heteroatoms. The number of hydrogen-bond donors (Lipinski definition) is 0. The second-order valence-corrected chi connectivity index (χ2v) is 16.7. The van der Waals surface area contributed by atoms with Gasteiger partial charge in [-0.15, -0.1) is 0 Å². The molecule has 266 valence electrons. The summed E-state index contributed by atoms with van der Waals surface area (Å²) in [6, 6.07) is 64.6. The highest BCUT2D eigenvalue weighted by Gasteiger charge is 2.37. The fourth-order valence-electron chi connectivity index (χ4n) is 10.9. The first kappa shape index (κ1) is 31.9. The van der Waals surface area contributed by atoms with Gasteiger partial charge in [-0.1, -0.05) is 153 Å². The maximum Gasteiger partial charge on any atom is 0.0543 e. The Bertz CT molecular complexity index is 3070. The van der Waals surface area contributed by atoms with Crippen LogP contribution in [0.5, 0.6) is 0 Å². The van der Waals surface area contributed by atoms with Crippen LogP contribution in [0.1, 0.15) is 54.0 Å². The summed E-state index contributed by atoms with van der Waals surface area (Å²) in [5, 5.41) is 7.76. The zero-order valence-corrected chi connectivity index (χ0v) is 31.8. The molecule has 0 aromatic heterocycles. The average Bonchev–Trinajstić information content (AvgIpc) is 3.47. The van der Waals surface area contributed by atoms with Gasteiger partial charge in [0.05, 0.1) is 5.69 Å². The quantitative estimate of drug-likeness (QED) is 0.165. The van der Waals surface area contributed by atoms with Gasteiger partial charge in [0, 0.05) is 22.4 Å². The summed E-state index contributed by atoms with van der Waals surface area (Å²) in [4.78, 5) is 2.58. The molecule has 0 amide bonds. The molecule has 56 heavy (non-hydrogen) atoms. The van der Waals surface area contributed by atoms with Crippen molar-refractivity contribution in [1.29, 1.82) is 0 Å². The zero-order chi connectivity index (χ0) is 37.1. The topological polar surface area (TPSA) is 3.24 Å². The summed E-state index contributed by atoms with van der Waals surface area (Å²) in [5.74, 6) is 0.494. The van der Waals surface area contributed by atoms with E-state index in [-0.39, 0.29) is 5.41 Å². The highest BCUT2D eigenvalue weighted by atomic mass is 15.1. The molecule has 1 atom stereocenters. The van der Waals surface area contributed by atoms with E-state index >= 15 is 0 Å². The minimum atomic E-state index is -0.0620. The van der Waals surface area contributed by atoms with Crippen LogP contribution in [0, 0.1) is 0 Å². The number of nitrogens with zero attached hydrogens (tertiary/aromatic N) is 1. The summed E-state index contributed by atoms with van der Waals surface area (Å²) in [6.45, 7) is 4.75. The fraction of sp³-hybridized carbons (Fsp3) is 0.127. The molecule has 1 unspecified atom stereocenters. The summed E-state index contributed by atoms with van der Waals surface area (Å²) in [5.41, 5.74) is 19.0. The Balaban J connectivity index is 1.18. The Morgan fingerprint density at radius 3 is 1.84 bits per heavy atom. The van der Waals surface area contributed by atoms with Crippen LogP contribution in [0.25, 0.3) is 65.7 Å². The zero-order valence-electron chi connectivity index (χ0n) is 31.8. The van der Waals surface area contributed by atoms with E-state index in [1.165, 1.54) is 111 Å². The van der Waals surface area contributed by atoms with Crippen molar-refractivity contribution in [3.05, 3.63) is 198 Å². The molecule has 0 fully saturated rings. The van der Waals surface area contributed by atoms with Gasteiger partial charge in [-0.25, -0.2) is 0 Å². The smallest absolute Gasteiger partial charge is 0.0543 e. The maximum atomic E-state index is 2.58. The van der Waals surface area contributed by atoms with E-state index in [9.17, 15) is 0 Å². The molecule has 12 rings (SSSR count). The highest BCUT2D eigenvalue weighted by Crippen LogP contribution is 2.55. The molecule has 9 aromatic carbocycles. The van der Waals surface area contributed by atoms with Crippen molar-refractivity contribution in [3.8, 4) is 33.4 Å². The first-order valence-electron chi connectivity index (χ1n) is 20.3. The molecule has 0 heterocycles. The van der Waals surface area contributed by atoms with Gasteiger partial charge in [-0.2, -0.15) is 0 Å². The van der Waals surface area contributed by atoms with Crippen LogP contribution in [-0.2, 0) is 18.3 Å². The van der Waals surface area contributed by atoms with E-state index in [4.69, 9.17) is 0 Å². The molecule has 3 aliphatic carbocycles. The molecule has 0 N–H and O–H groups in total. The molecule has 0 saturated carbocycles.